The summed E-state index contributed by atoms with van der Waals surface area (Å²) >= 11 is 1.42. The molecule has 0 aliphatic heterocycles. The average Bonchev–Trinajstić information content (AvgIpc) is 3.11. The summed E-state index contributed by atoms with van der Waals surface area (Å²) < 4.78 is 41.6. The van der Waals surface area contributed by atoms with Gasteiger partial charge in [-0.15, -0.1) is 11.8 Å². The quantitative estimate of drug-likeness (QED) is 0.484. The van der Waals surface area contributed by atoms with Crippen molar-refractivity contribution in [2.24, 2.45) is 0 Å². The first kappa shape index (κ1) is 17.2. The van der Waals surface area contributed by atoms with E-state index in [1.165, 1.54) is 36.0 Å². The average molecular weight is 364 g/mol. The Bertz CT molecular complexity index is 862. The van der Waals surface area contributed by atoms with Crippen LogP contribution in [0.15, 0.2) is 64.0 Å². The van der Waals surface area contributed by atoms with E-state index in [1.54, 1.807) is 0 Å². The highest BCUT2D eigenvalue weighted by molar-refractivity contribution is 8.00. The lowest BCUT2D eigenvalue weighted by atomic mass is 10.1. The molecule has 0 atom stereocenters. The van der Waals surface area contributed by atoms with Gasteiger partial charge >= 0.3 is 12.1 Å². The molecule has 8 heteroatoms. The van der Waals surface area contributed by atoms with E-state index >= 15 is 0 Å². The standard InChI is InChI=1S/C17H11F3N2O2S/c18-17(19,20)16-21-15(22-24-16)12-8-6-11(7-9-12)14(23)10-25-13-4-2-1-3-5-13/h1-9H,10H2. The molecule has 0 bridgehead atoms. The van der Waals surface area contributed by atoms with E-state index < -0.39 is 12.1 Å². The van der Waals surface area contributed by atoms with Crippen LogP contribution in [0.5, 0.6) is 0 Å². The zero-order valence-corrected chi connectivity index (χ0v) is 13.5. The summed E-state index contributed by atoms with van der Waals surface area (Å²) in [5, 5.41) is 3.31. The van der Waals surface area contributed by atoms with E-state index in [-0.39, 0.29) is 17.4 Å². The summed E-state index contributed by atoms with van der Waals surface area (Å²) in [5.74, 6) is -1.39. The second-order valence-electron chi connectivity index (χ2n) is 5.02. The number of ketones is 1. The van der Waals surface area contributed by atoms with E-state index in [9.17, 15) is 18.0 Å². The lowest BCUT2D eigenvalue weighted by Gasteiger charge is -2.02. The van der Waals surface area contributed by atoms with Crippen molar-refractivity contribution in [1.82, 2.24) is 10.1 Å². The molecule has 0 aliphatic carbocycles. The fraction of sp³-hybridized carbons (Fsp3) is 0.118. The van der Waals surface area contributed by atoms with Crippen molar-refractivity contribution in [2.75, 3.05) is 5.75 Å². The molecule has 0 amide bonds. The predicted octanol–water partition coefficient (Wildman–Crippen LogP) is 4.73. The minimum absolute atomic E-state index is 0.0792. The molecule has 0 aliphatic rings. The second-order valence-corrected chi connectivity index (χ2v) is 6.07. The Morgan fingerprint density at radius 3 is 2.32 bits per heavy atom. The summed E-state index contributed by atoms with van der Waals surface area (Å²) in [6, 6.07) is 15.6. The van der Waals surface area contributed by atoms with Crippen LogP contribution in [-0.4, -0.2) is 21.7 Å². The maximum absolute atomic E-state index is 12.5. The van der Waals surface area contributed by atoms with Crippen LogP contribution < -0.4 is 0 Å². The first-order chi connectivity index (χ1) is 11.9. The van der Waals surface area contributed by atoms with Gasteiger partial charge in [-0.05, 0) is 12.1 Å². The summed E-state index contributed by atoms with van der Waals surface area (Å²) in [6.45, 7) is 0. The zero-order valence-electron chi connectivity index (χ0n) is 12.7. The van der Waals surface area contributed by atoms with Crippen LogP contribution in [0.2, 0.25) is 0 Å². The largest absolute Gasteiger partial charge is 0.471 e. The first-order valence-electron chi connectivity index (χ1n) is 7.16. The SMILES string of the molecule is O=C(CSc1ccccc1)c1ccc(-c2noc(C(F)(F)F)n2)cc1. The molecule has 3 rings (SSSR count). The van der Waals surface area contributed by atoms with Crippen molar-refractivity contribution in [3.63, 3.8) is 0 Å². The topological polar surface area (TPSA) is 56.0 Å². The fourth-order valence-electron chi connectivity index (χ4n) is 2.01. The van der Waals surface area contributed by atoms with Crippen LogP contribution in [0.25, 0.3) is 11.4 Å². The number of hydrogen-bond donors (Lipinski definition) is 0. The monoisotopic (exact) mass is 364 g/mol. The maximum atomic E-state index is 12.5. The van der Waals surface area contributed by atoms with Gasteiger partial charge in [0.05, 0.1) is 5.75 Å². The first-order valence-corrected chi connectivity index (χ1v) is 8.14. The van der Waals surface area contributed by atoms with Gasteiger partial charge in [0.15, 0.2) is 5.78 Å². The molecular formula is C17H11F3N2O2S. The molecule has 128 valence electrons. The van der Waals surface area contributed by atoms with Gasteiger partial charge in [0.1, 0.15) is 0 Å². The molecule has 0 saturated carbocycles. The number of nitrogens with zero attached hydrogens (tertiary/aromatic N) is 2. The lowest BCUT2D eigenvalue weighted by molar-refractivity contribution is -0.159. The Labute approximate surface area is 145 Å². The van der Waals surface area contributed by atoms with Crippen molar-refractivity contribution in [1.29, 1.82) is 0 Å². The molecule has 0 unspecified atom stereocenters. The van der Waals surface area contributed by atoms with E-state index in [2.05, 4.69) is 14.7 Å². The third-order valence-electron chi connectivity index (χ3n) is 3.25. The Morgan fingerprint density at radius 2 is 1.72 bits per heavy atom. The third-order valence-corrected chi connectivity index (χ3v) is 4.26. The highest BCUT2D eigenvalue weighted by Gasteiger charge is 2.38. The molecule has 1 heterocycles. The summed E-state index contributed by atoms with van der Waals surface area (Å²) in [7, 11) is 0. The molecule has 0 spiro atoms. The summed E-state index contributed by atoms with van der Waals surface area (Å²) in [4.78, 5) is 16.5. The number of benzene rings is 2. The van der Waals surface area contributed by atoms with E-state index in [4.69, 9.17) is 0 Å². The van der Waals surface area contributed by atoms with Crippen molar-refractivity contribution < 1.29 is 22.5 Å². The summed E-state index contributed by atoms with van der Waals surface area (Å²) in [5.41, 5.74) is 0.804. The highest BCUT2D eigenvalue weighted by Crippen LogP contribution is 2.29. The van der Waals surface area contributed by atoms with Crippen LogP contribution in [0, 0.1) is 0 Å². The molecule has 3 aromatic rings. The van der Waals surface area contributed by atoms with Gasteiger partial charge in [-0.1, -0.05) is 47.6 Å². The number of thioether (sulfide) groups is 1. The van der Waals surface area contributed by atoms with Crippen molar-refractivity contribution in [3.05, 3.63) is 66.1 Å². The van der Waals surface area contributed by atoms with E-state index in [1.807, 2.05) is 30.3 Å². The van der Waals surface area contributed by atoms with Crippen molar-refractivity contribution in [3.8, 4) is 11.4 Å². The van der Waals surface area contributed by atoms with Gasteiger partial charge in [0.2, 0.25) is 5.82 Å². The van der Waals surface area contributed by atoms with Crippen molar-refractivity contribution >= 4 is 17.5 Å². The fourth-order valence-corrected chi connectivity index (χ4v) is 2.82. The minimum Gasteiger partial charge on any atom is -0.329 e. The Kier molecular flexibility index (Phi) is 4.89. The normalized spacial score (nSPS) is 11.5. The van der Waals surface area contributed by atoms with Gasteiger partial charge in [-0.3, -0.25) is 4.79 Å². The molecular weight excluding hydrogens is 353 g/mol. The number of Topliss-reactive ketones (excluding diaryl/α,β-unsaturated/α-hetero) is 1. The van der Waals surface area contributed by atoms with Crippen LogP contribution >= 0.6 is 11.8 Å². The van der Waals surface area contributed by atoms with Gasteiger partial charge in [0.25, 0.3) is 0 Å². The predicted molar refractivity (Wildman–Crippen MR) is 86.2 cm³/mol. The van der Waals surface area contributed by atoms with Gasteiger partial charge in [-0.2, -0.15) is 18.2 Å². The molecule has 0 radical (unpaired) electrons. The van der Waals surface area contributed by atoms with Crippen LogP contribution in [-0.2, 0) is 6.18 Å². The molecule has 0 fully saturated rings. The third kappa shape index (κ3) is 4.27. The van der Waals surface area contributed by atoms with Gasteiger partial charge in [-0.25, -0.2) is 0 Å². The van der Waals surface area contributed by atoms with Gasteiger partial charge < -0.3 is 4.52 Å². The number of halogens is 3. The Morgan fingerprint density at radius 1 is 1.04 bits per heavy atom. The van der Waals surface area contributed by atoms with Crippen LogP contribution in [0.1, 0.15) is 16.2 Å². The number of rotatable bonds is 5. The second kappa shape index (κ2) is 7.10. The number of carbonyl (C=O) groups excluding carboxylic acids is 1. The van der Waals surface area contributed by atoms with Crippen LogP contribution in [0.3, 0.4) is 0 Å². The number of hydrogen-bond acceptors (Lipinski definition) is 5. The lowest BCUT2D eigenvalue weighted by Crippen LogP contribution is -2.05. The molecule has 0 saturated heterocycles. The maximum Gasteiger partial charge on any atom is 0.471 e. The highest BCUT2D eigenvalue weighted by atomic mass is 32.2. The molecule has 1 aromatic heterocycles. The van der Waals surface area contributed by atoms with Crippen LogP contribution in [0.4, 0.5) is 13.2 Å². The number of alkyl halides is 3. The zero-order chi connectivity index (χ0) is 17.9. The smallest absolute Gasteiger partial charge is 0.329 e. The molecule has 0 N–H and O–H groups in total. The van der Waals surface area contributed by atoms with E-state index in [0.29, 0.717) is 11.1 Å². The number of aromatic nitrogens is 2. The number of carbonyl (C=O) groups is 1. The minimum atomic E-state index is -4.68. The molecule has 2 aromatic carbocycles. The summed E-state index contributed by atoms with van der Waals surface area (Å²) in [6.07, 6.45) is -4.68. The van der Waals surface area contributed by atoms with E-state index in [0.717, 1.165) is 4.90 Å². The van der Waals surface area contributed by atoms with Gasteiger partial charge in [0, 0.05) is 16.0 Å². The molecule has 25 heavy (non-hydrogen) atoms. The van der Waals surface area contributed by atoms with Crippen molar-refractivity contribution in [2.45, 2.75) is 11.1 Å². The Balaban J connectivity index is 1.67. The Hall–Kier alpha value is -2.61. The molecule has 4 nitrogen and oxygen atoms in total.